The molecule has 0 atom stereocenters. The topological polar surface area (TPSA) is 74.8 Å². The van der Waals surface area contributed by atoms with Crippen LogP contribution in [0.2, 0.25) is 0 Å². The molecule has 2 aromatic rings. The van der Waals surface area contributed by atoms with Gasteiger partial charge in [0.1, 0.15) is 0 Å². The number of sulfonamides is 2. The Morgan fingerprint density at radius 1 is 0.741 bits per heavy atom. The van der Waals surface area contributed by atoms with Crippen LogP contribution in [-0.2, 0) is 20.0 Å². The molecule has 0 amide bonds. The van der Waals surface area contributed by atoms with Crippen LogP contribution in [0.4, 0.5) is 0 Å². The average Bonchev–Trinajstić information content (AvgIpc) is 2.64. The van der Waals surface area contributed by atoms with Gasteiger partial charge in [0.2, 0.25) is 20.0 Å². The molecule has 0 radical (unpaired) electrons. The minimum absolute atomic E-state index is 0.128. The van der Waals surface area contributed by atoms with E-state index in [0.717, 1.165) is 15.6 Å². The average molecular weight is 473 g/mol. The van der Waals surface area contributed by atoms with Crippen molar-refractivity contribution in [2.24, 2.45) is 0 Å². The van der Waals surface area contributed by atoms with Crippen molar-refractivity contribution < 1.29 is 16.8 Å². The molecule has 9 heteroatoms. The van der Waals surface area contributed by atoms with Gasteiger partial charge in [-0.2, -0.15) is 8.61 Å². The number of benzene rings is 2. The SMILES string of the molecule is Cc1ccc(S(=O)(=O)N2CCN(S(=O)(=O)c3ccc(Br)c(C)c3)CC2)cc1. The standard InChI is InChI=1S/C18H21BrN2O4S2/c1-14-3-5-16(6-4-14)26(22,23)20-9-11-21(12-10-20)27(24,25)17-7-8-18(19)15(2)13-17/h3-8,13H,9-12H2,1-2H3. The van der Waals surface area contributed by atoms with Gasteiger partial charge in [-0.3, -0.25) is 0 Å². The summed E-state index contributed by atoms with van der Waals surface area (Å²) in [5.74, 6) is 0. The molecular weight excluding hydrogens is 452 g/mol. The predicted molar refractivity (Wildman–Crippen MR) is 108 cm³/mol. The summed E-state index contributed by atoms with van der Waals surface area (Å²) >= 11 is 3.37. The van der Waals surface area contributed by atoms with E-state index >= 15 is 0 Å². The fourth-order valence-corrected chi connectivity index (χ4v) is 6.11. The fraction of sp³-hybridized carbons (Fsp3) is 0.333. The fourth-order valence-electron chi connectivity index (χ4n) is 2.94. The van der Waals surface area contributed by atoms with Crippen molar-refractivity contribution in [3.8, 4) is 0 Å². The first-order chi connectivity index (χ1) is 12.6. The summed E-state index contributed by atoms with van der Waals surface area (Å²) in [6, 6.07) is 11.6. The van der Waals surface area contributed by atoms with Crippen molar-refractivity contribution >= 4 is 36.0 Å². The first-order valence-electron chi connectivity index (χ1n) is 8.45. The summed E-state index contributed by atoms with van der Waals surface area (Å²) in [6.07, 6.45) is 0. The van der Waals surface area contributed by atoms with Gasteiger partial charge in [0.05, 0.1) is 9.79 Å². The summed E-state index contributed by atoms with van der Waals surface area (Å²) in [5.41, 5.74) is 1.81. The van der Waals surface area contributed by atoms with E-state index in [9.17, 15) is 16.8 Å². The maximum Gasteiger partial charge on any atom is 0.243 e. The van der Waals surface area contributed by atoms with Crippen LogP contribution in [0.3, 0.4) is 0 Å². The highest BCUT2D eigenvalue weighted by Gasteiger charge is 2.33. The zero-order chi connectivity index (χ0) is 19.8. The molecule has 1 aliphatic rings. The monoisotopic (exact) mass is 472 g/mol. The molecule has 0 aliphatic carbocycles. The molecule has 0 spiro atoms. The van der Waals surface area contributed by atoms with Gasteiger partial charge < -0.3 is 0 Å². The Labute approximate surface area is 169 Å². The van der Waals surface area contributed by atoms with Crippen molar-refractivity contribution in [2.45, 2.75) is 23.6 Å². The van der Waals surface area contributed by atoms with E-state index in [-0.39, 0.29) is 36.0 Å². The zero-order valence-corrected chi connectivity index (χ0v) is 18.3. The van der Waals surface area contributed by atoms with Crippen molar-refractivity contribution in [2.75, 3.05) is 26.2 Å². The van der Waals surface area contributed by atoms with Gasteiger partial charge in [-0.05, 0) is 49.7 Å². The first kappa shape index (κ1) is 20.5. The maximum atomic E-state index is 12.9. The number of aryl methyl sites for hydroxylation is 2. The van der Waals surface area contributed by atoms with Gasteiger partial charge in [-0.15, -0.1) is 0 Å². The van der Waals surface area contributed by atoms with Crippen molar-refractivity contribution in [3.05, 3.63) is 58.1 Å². The van der Waals surface area contributed by atoms with Crippen molar-refractivity contribution in [3.63, 3.8) is 0 Å². The lowest BCUT2D eigenvalue weighted by Gasteiger charge is -2.33. The number of nitrogens with zero attached hydrogens (tertiary/aromatic N) is 2. The second-order valence-corrected chi connectivity index (χ2v) is 11.3. The van der Waals surface area contributed by atoms with E-state index in [4.69, 9.17) is 0 Å². The smallest absolute Gasteiger partial charge is 0.207 e. The summed E-state index contributed by atoms with van der Waals surface area (Å²) in [6.45, 7) is 4.24. The summed E-state index contributed by atoms with van der Waals surface area (Å²) in [5, 5.41) is 0. The minimum Gasteiger partial charge on any atom is -0.207 e. The van der Waals surface area contributed by atoms with Crippen LogP contribution in [0.15, 0.2) is 56.7 Å². The number of halogens is 1. The Kier molecular flexibility index (Phi) is 5.79. The van der Waals surface area contributed by atoms with E-state index in [1.54, 1.807) is 42.5 Å². The minimum atomic E-state index is -3.65. The molecule has 0 unspecified atom stereocenters. The molecule has 6 nitrogen and oxygen atoms in total. The van der Waals surface area contributed by atoms with Crippen molar-refractivity contribution in [1.82, 2.24) is 8.61 Å². The molecule has 0 saturated carbocycles. The molecule has 0 aromatic heterocycles. The van der Waals surface area contributed by atoms with E-state index in [1.807, 2.05) is 13.8 Å². The molecule has 1 heterocycles. The van der Waals surface area contributed by atoms with Gasteiger partial charge in [0.15, 0.2) is 0 Å². The van der Waals surface area contributed by atoms with Crippen LogP contribution < -0.4 is 0 Å². The Morgan fingerprint density at radius 2 is 1.19 bits per heavy atom. The van der Waals surface area contributed by atoms with Crippen molar-refractivity contribution in [1.29, 1.82) is 0 Å². The molecule has 1 aliphatic heterocycles. The number of hydrogen-bond donors (Lipinski definition) is 0. The first-order valence-corrected chi connectivity index (χ1v) is 12.1. The van der Waals surface area contributed by atoms with E-state index in [1.165, 1.54) is 8.61 Å². The Bertz CT molecular complexity index is 1040. The van der Waals surface area contributed by atoms with Crippen LogP contribution in [0.25, 0.3) is 0 Å². The second-order valence-electron chi connectivity index (χ2n) is 6.53. The van der Waals surface area contributed by atoms with E-state index in [2.05, 4.69) is 15.9 Å². The highest BCUT2D eigenvalue weighted by atomic mass is 79.9. The molecule has 1 fully saturated rings. The van der Waals surface area contributed by atoms with Gasteiger partial charge in [0, 0.05) is 30.7 Å². The van der Waals surface area contributed by atoms with Crippen LogP contribution in [0.5, 0.6) is 0 Å². The molecule has 146 valence electrons. The molecule has 2 aromatic carbocycles. The largest absolute Gasteiger partial charge is 0.243 e. The zero-order valence-electron chi connectivity index (χ0n) is 15.1. The maximum absolute atomic E-state index is 12.9. The van der Waals surface area contributed by atoms with Crippen LogP contribution >= 0.6 is 15.9 Å². The normalized spacial score (nSPS) is 17.1. The number of hydrogen-bond acceptors (Lipinski definition) is 4. The van der Waals surface area contributed by atoms with E-state index < -0.39 is 20.0 Å². The highest BCUT2D eigenvalue weighted by molar-refractivity contribution is 9.10. The quantitative estimate of drug-likeness (QED) is 0.685. The van der Waals surface area contributed by atoms with Crippen LogP contribution in [-0.4, -0.2) is 51.6 Å². The number of rotatable bonds is 4. The third-order valence-electron chi connectivity index (χ3n) is 4.62. The summed E-state index contributed by atoms with van der Waals surface area (Å²) in [7, 11) is -7.27. The van der Waals surface area contributed by atoms with Crippen LogP contribution in [0.1, 0.15) is 11.1 Å². The molecule has 3 rings (SSSR count). The lowest BCUT2D eigenvalue weighted by atomic mass is 10.2. The molecule has 1 saturated heterocycles. The molecule has 27 heavy (non-hydrogen) atoms. The lowest BCUT2D eigenvalue weighted by molar-refractivity contribution is 0.273. The Morgan fingerprint density at radius 3 is 1.67 bits per heavy atom. The lowest BCUT2D eigenvalue weighted by Crippen LogP contribution is -2.50. The van der Waals surface area contributed by atoms with Crippen LogP contribution in [0, 0.1) is 13.8 Å². The Balaban J connectivity index is 1.76. The summed E-state index contributed by atoms with van der Waals surface area (Å²) in [4.78, 5) is 0.450. The highest BCUT2D eigenvalue weighted by Crippen LogP contribution is 2.25. The van der Waals surface area contributed by atoms with Gasteiger partial charge in [-0.1, -0.05) is 33.6 Å². The third kappa shape index (κ3) is 4.12. The molecule has 0 bridgehead atoms. The van der Waals surface area contributed by atoms with Gasteiger partial charge >= 0.3 is 0 Å². The van der Waals surface area contributed by atoms with E-state index in [0.29, 0.717) is 0 Å². The third-order valence-corrected chi connectivity index (χ3v) is 9.32. The molecule has 0 N–H and O–H groups in total. The second kappa shape index (κ2) is 7.63. The number of piperazine rings is 1. The predicted octanol–water partition coefficient (Wildman–Crippen LogP) is 2.76. The van der Waals surface area contributed by atoms with Gasteiger partial charge in [-0.25, -0.2) is 16.8 Å². The summed E-state index contributed by atoms with van der Waals surface area (Å²) < 4.78 is 54.8. The molecular formula is C18H21BrN2O4S2. The Hall–Kier alpha value is -1.26. The van der Waals surface area contributed by atoms with Gasteiger partial charge in [0.25, 0.3) is 0 Å².